The Kier molecular flexibility index (Phi) is 2.08. The Labute approximate surface area is 88.0 Å². The molecule has 14 heavy (non-hydrogen) atoms. The number of carbonyl (C=O) groups is 1. The molecular weight excluding hydrogens is 214 g/mol. The average molecular weight is 222 g/mol. The van der Waals surface area contributed by atoms with Crippen LogP contribution in [0.15, 0.2) is 29.7 Å². The normalized spacial score (nSPS) is 12.6. The van der Waals surface area contributed by atoms with E-state index in [2.05, 4.69) is 11.3 Å². The van der Waals surface area contributed by atoms with Crippen molar-refractivity contribution >= 4 is 17.6 Å². The van der Waals surface area contributed by atoms with E-state index in [0.717, 1.165) is 0 Å². The molecule has 0 spiro atoms. The van der Waals surface area contributed by atoms with Crippen LogP contribution in [0.4, 0.5) is 8.78 Å². The Bertz CT molecular complexity index is 490. The summed E-state index contributed by atoms with van der Waals surface area (Å²) in [6, 6.07) is -3.16. The van der Waals surface area contributed by atoms with E-state index in [0.29, 0.717) is 0 Å². The van der Waals surface area contributed by atoms with Gasteiger partial charge in [-0.25, -0.2) is 13.6 Å². The zero-order valence-electron chi connectivity index (χ0n) is 9.66. The van der Waals surface area contributed by atoms with Gasteiger partial charge in [0, 0.05) is 6.04 Å². The molecule has 2 nitrogen and oxygen atoms in total. The SMILES string of the molecule is [2H]c1c([2H])c(OC(=O)C(=C)Cl)c([2H])c(F)c1F. The highest BCUT2D eigenvalue weighted by Crippen LogP contribution is 2.16. The average Bonchev–Trinajstić information content (AvgIpc) is 2.29. The van der Waals surface area contributed by atoms with Gasteiger partial charge in [0.2, 0.25) is 0 Å². The third-order valence-corrected chi connectivity index (χ3v) is 1.27. The van der Waals surface area contributed by atoms with Crippen LogP contribution in [0.3, 0.4) is 0 Å². The van der Waals surface area contributed by atoms with E-state index < -0.39 is 46.5 Å². The third-order valence-electron chi connectivity index (χ3n) is 1.12. The molecule has 0 saturated heterocycles. The van der Waals surface area contributed by atoms with Crippen LogP contribution in [-0.4, -0.2) is 5.97 Å². The van der Waals surface area contributed by atoms with E-state index >= 15 is 0 Å². The fourth-order valence-corrected chi connectivity index (χ4v) is 0.590. The van der Waals surface area contributed by atoms with Crippen molar-refractivity contribution in [1.82, 2.24) is 0 Å². The third kappa shape index (κ3) is 2.53. The Morgan fingerprint density at radius 3 is 2.71 bits per heavy atom. The summed E-state index contributed by atoms with van der Waals surface area (Å²) >= 11 is 5.19. The van der Waals surface area contributed by atoms with Gasteiger partial charge >= 0.3 is 5.97 Å². The van der Waals surface area contributed by atoms with Gasteiger partial charge in [0.25, 0.3) is 0 Å². The molecule has 0 unspecified atom stereocenters. The fraction of sp³-hybridized carbons (Fsp3) is 0. The lowest BCUT2D eigenvalue weighted by molar-refractivity contribution is -0.129. The van der Waals surface area contributed by atoms with Crippen LogP contribution in [0.1, 0.15) is 4.11 Å². The monoisotopic (exact) mass is 221 g/mol. The first-order valence-electron chi connectivity index (χ1n) is 4.78. The number of carbonyl (C=O) groups excluding carboxylic acids is 1. The van der Waals surface area contributed by atoms with Gasteiger partial charge in [0.1, 0.15) is 10.8 Å². The molecule has 1 aromatic rings. The van der Waals surface area contributed by atoms with Crippen molar-refractivity contribution in [2.45, 2.75) is 0 Å². The molecule has 0 fully saturated rings. The summed E-state index contributed by atoms with van der Waals surface area (Å²) < 4.78 is 51.8. The first-order valence-corrected chi connectivity index (χ1v) is 3.66. The second kappa shape index (κ2) is 4.19. The number of halogens is 3. The van der Waals surface area contributed by atoms with E-state index in [4.69, 9.17) is 15.7 Å². The minimum atomic E-state index is -1.67. The molecule has 0 atom stereocenters. The van der Waals surface area contributed by atoms with Crippen molar-refractivity contribution in [3.05, 3.63) is 41.4 Å². The summed E-state index contributed by atoms with van der Waals surface area (Å²) in [5, 5.41) is -0.555. The van der Waals surface area contributed by atoms with Gasteiger partial charge in [-0.3, -0.25) is 0 Å². The molecule has 0 aliphatic rings. The van der Waals surface area contributed by atoms with Gasteiger partial charge in [0.15, 0.2) is 11.6 Å². The van der Waals surface area contributed by atoms with Crippen molar-refractivity contribution in [1.29, 1.82) is 0 Å². The molecule has 0 radical (unpaired) electrons. The van der Waals surface area contributed by atoms with Crippen molar-refractivity contribution in [2.24, 2.45) is 0 Å². The topological polar surface area (TPSA) is 26.3 Å². The molecule has 0 saturated carbocycles. The van der Waals surface area contributed by atoms with E-state index in [9.17, 15) is 13.6 Å². The summed E-state index contributed by atoms with van der Waals surface area (Å²) in [5.41, 5.74) is 0. The largest absolute Gasteiger partial charge is 0.422 e. The lowest BCUT2D eigenvalue weighted by Gasteiger charge is -2.02. The molecule has 0 amide bonds. The minimum absolute atomic E-state index is 0.555. The first-order chi connectivity index (χ1) is 7.77. The lowest BCUT2D eigenvalue weighted by atomic mass is 10.3. The number of benzene rings is 1. The molecule has 0 bridgehead atoms. The maximum Gasteiger partial charge on any atom is 0.354 e. The molecule has 1 aromatic carbocycles. The predicted octanol–water partition coefficient (Wildman–Crippen LogP) is 2.62. The van der Waals surface area contributed by atoms with Gasteiger partial charge < -0.3 is 4.74 Å². The van der Waals surface area contributed by atoms with Crippen LogP contribution in [0.5, 0.6) is 5.75 Å². The van der Waals surface area contributed by atoms with Crippen molar-refractivity contribution < 1.29 is 22.4 Å². The number of rotatable bonds is 2. The quantitative estimate of drug-likeness (QED) is 0.436. The Balaban J connectivity index is 3.35. The summed E-state index contributed by atoms with van der Waals surface area (Å²) in [6.45, 7) is 3.03. The second-order valence-corrected chi connectivity index (χ2v) is 2.58. The molecule has 74 valence electrons. The standard InChI is InChI=1S/C9H5ClF2O2/c1-5(10)9(13)14-6-2-3-7(11)8(12)4-6/h2-4H,1H2/i2D,3D,4D. The van der Waals surface area contributed by atoms with Gasteiger partial charge in [-0.1, -0.05) is 18.2 Å². The summed E-state index contributed by atoms with van der Waals surface area (Å²) in [6.07, 6.45) is 0. The first kappa shape index (κ1) is 6.95. The Hall–Kier alpha value is -1.42. The highest BCUT2D eigenvalue weighted by molar-refractivity contribution is 6.41. The second-order valence-electron chi connectivity index (χ2n) is 2.13. The van der Waals surface area contributed by atoms with Crippen molar-refractivity contribution in [3.63, 3.8) is 0 Å². The van der Waals surface area contributed by atoms with Crippen LogP contribution in [0.25, 0.3) is 0 Å². The van der Waals surface area contributed by atoms with Gasteiger partial charge in [-0.15, -0.1) is 0 Å². The number of esters is 1. The van der Waals surface area contributed by atoms with Gasteiger partial charge in [-0.05, 0) is 12.1 Å². The van der Waals surface area contributed by atoms with Gasteiger partial charge in [0.05, 0.1) is 4.11 Å². The Morgan fingerprint density at radius 2 is 2.14 bits per heavy atom. The minimum Gasteiger partial charge on any atom is -0.422 e. The zero-order valence-corrected chi connectivity index (χ0v) is 7.41. The molecule has 0 aliphatic carbocycles. The van der Waals surface area contributed by atoms with Crippen LogP contribution in [0.2, 0.25) is 0 Å². The van der Waals surface area contributed by atoms with E-state index in [1.165, 1.54) is 0 Å². The fourth-order valence-electron chi connectivity index (χ4n) is 0.551. The summed E-state index contributed by atoms with van der Waals surface area (Å²) in [5.74, 6) is -5.40. The van der Waals surface area contributed by atoms with Crippen LogP contribution in [-0.2, 0) is 4.79 Å². The van der Waals surface area contributed by atoms with E-state index in [-0.39, 0.29) is 0 Å². The number of hydrogen-bond acceptors (Lipinski definition) is 2. The maximum absolute atomic E-state index is 13.1. The number of ether oxygens (including phenoxy) is 1. The maximum atomic E-state index is 13.1. The van der Waals surface area contributed by atoms with Gasteiger partial charge in [-0.2, -0.15) is 0 Å². The molecule has 1 rings (SSSR count). The van der Waals surface area contributed by atoms with Crippen LogP contribution < -0.4 is 4.74 Å². The predicted molar refractivity (Wildman–Crippen MR) is 47.0 cm³/mol. The number of hydrogen-bond donors (Lipinski definition) is 0. The molecule has 0 N–H and O–H groups in total. The summed E-state index contributed by atoms with van der Waals surface area (Å²) in [4.78, 5) is 11.0. The van der Waals surface area contributed by atoms with Crippen molar-refractivity contribution in [3.8, 4) is 5.75 Å². The Morgan fingerprint density at radius 1 is 1.50 bits per heavy atom. The summed E-state index contributed by atoms with van der Waals surface area (Å²) in [7, 11) is 0. The molecule has 0 aromatic heterocycles. The van der Waals surface area contributed by atoms with Crippen LogP contribution >= 0.6 is 11.6 Å². The zero-order chi connectivity index (χ0) is 13.3. The highest BCUT2D eigenvalue weighted by Gasteiger charge is 2.09. The van der Waals surface area contributed by atoms with E-state index in [1.54, 1.807) is 0 Å². The molecule has 0 aliphatic heterocycles. The van der Waals surface area contributed by atoms with Crippen LogP contribution in [0, 0.1) is 11.6 Å². The smallest absolute Gasteiger partial charge is 0.354 e. The molecule has 5 heteroatoms. The molecular formula is C9H5ClF2O2. The lowest BCUT2D eigenvalue weighted by Crippen LogP contribution is -2.07. The highest BCUT2D eigenvalue weighted by atomic mass is 35.5. The van der Waals surface area contributed by atoms with Crippen molar-refractivity contribution in [2.75, 3.05) is 0 Å². The molecule has 0 heterocycles. The van der Waals surface area contributed by atoms with E-state index in [1.807, 2.05) is 0 Å².